The molecule has 1 amide bonds. The molecule has 2 rings (SSSR count). The summed E-state index contributed by atoms with van der Waals surface area (Å²) in [4.78, 5) is 16.2. The van der Waals surface area contributed by atoms with Crippen molar-refractivity contribution in [3.05, 3.63) is 29.8 Å². The Morgan fingerprint density at radius 1 is 1.29 bits per heavy atom. The van der Waals surface area contributed by atoms with Gasteiger partial charge >= 0.3 is 0 Å². The second-order valence-electron chi connectivity index (χ2n) is 6.61. The first-order valence-electron chi connectivity index (χ1n) is 8.70. The molecule has 134 valence electrons. The molecular weight excluding hydrogens is 304 g/mol. The topological polar surface area (TPSA) is 42.0 Å². The molecule has 0 spiro atoms. The number of rotatable bonds is 8. The quantitative estimate of drug-likeness (QED) is 0.730. The summed E-state index contributed by atoms with van der Waals surface area (Å²) in [6, 6.07) is 8.31. The zero-order chi connectivity index (χ0) is 17.4. The van der Waals surface area contributed by atoms with Crippen molar-refractivity contribution in [2.45, 2.75) is 19.3 Å². The number of ether oxygens (including phenoxy) is 2. The van der Waals surface area contributed by atoms with Crippen LogP contribution in [0.4, 0.5) is 0 Å². The number of likely N-dealkylation sites (N-methyl/N-ethyl adjacent to an activating group) is 1. The van der Waals surface area contributed by atoms with E-state index in [1.165, 1.54) is 18.4 Å². The zero-order valence-electron chi connectivity index (χ0n) is 15.2. The van der Waals surface area contributed by atoms with E-state index in [0.29, 0.717) is 5.92 Å². The van der Waals surface area contributed by atoms with Gasteiger partial charge in [0.2, 0.25) is 5.91 Å². The van der Waals surface area contributed by atoms with E-state index in [4.69, 9.17) is 9.47 Å². The Hall–Kier alpha value is -1.59. The third-order valence-electron chi connectivity index (χ3n) is 4.70. The summed E-state index contributed by atoms with van der Waals surface area (Å²) in [5.74, 6) is 1.52. The molecule has 1 aliphatic heterocycles. The van der Waals surface area contributed by atoms with Crippen molar-refractivity contribution in [3.8, 4) is 5.75 Å². The smallest absolute Gasteiger partial charge is 0.248 e. The standard InChI is InChI=1S/C19H30N2O3/c1-20(19(22)15-23-2)13-17-5-4-11-21(14-17)12-10-16-6-8-18(24-3)9-7-16/h6-9,17H,4-5,10-15H2,1-3H3. The van der Waals surface area contributed by atoms with Crippen LogP contribution >= 0.6 is 0 Å². The lowest BCUT2D eigenvalue weighted by atomic mass is 9.97. The van der Waals surface area contributed by atoms with Crippen LogP contribution in [0, 0.1) is 5.92 Å². The highest BCUT2D eigenvalue weighted by Crippen LogP contribution is 2.18. The molecular formula is C19H30N2O3. The zero-order valence-corrected chi connectivity index (χ0v) is 15.2. The molecule has 1 aromatic rings. The van der Waals surface area contributed by atoms with Gasteiger partial charge in [-0.1, -0.05) is 12.1 Å². The number of carbonyl (C=O) groups excluding carboxylic acids is 1. The lowest BCUT2D eigenvalue weighted by molar-refractivity contribution is -0.134. The molecule has 0 aliphatic carbocycles. The van der Waals surface area contributed by atoms with Crippen molar-refractivity contribution in [2.75, 3.05) is 54.1 Å². The van der Waals surface area contributed by atoms with Gasteiger partial charge < -0.3 is 19.3 Å². The Morgan fingerprint density at radius 2 is 2.04 bits per heavy atom. The van der Waals surface area contributed by atoms with Gasteiger partial charge in [-0.05, 0) is 49.4 Å². The summed E-state index contributed by atoms with van der Waals surface area (Å²) >= 11 is 0. The van der Waals surface area contributed by atoms with Gasteiger partial charge in [-0.15, -0.1) is 0 Å². The minimum absolute atomic E-state index is 0.0628. The molecule has 0 bridgehead atoms. The number of carbonyl (C=O) groups is 1. The Labute approximate surface area is 145 Å². The summed E-state index contributed by atoms with van der Waals surface area (Å²) in [6.07, 6.45) is 3.46. The molecule has 5 heteroatoms. The SMILES string of the molecule is COCC(=O)N(C)CC1CCCN(CCc2ccc(OC)cc2)C1. The first-order chi connectivity index (χ1) is 11.6. The number of nitrogens with zero attached hydrogens (tertiary/aromatic N) is 2. The first kappa shape index (κ1) is 18.7. The average Bonchev–Trinajstić information content (AvgIpc) is 2.61. The number of piperidine rings is 1. The molecule has 1 atom stereocenters. The van der Waals surface area contributed by atoms with Crippen LogP contribution in [0.15, 0.2) is 24.3 Å². The lowest BCUT2D eigenvalue weighted by Gasteiger charge is -2.34. The summed E-state index contributed by atoms with van der Waals surface area (Å²) in [5, 5.41) is 0. The van der Waals surface area contributed by atoms with Crippen LogP contribution in [-0.2, 0) is 16.0 Å². The summed E-state index contributed by atoms with van der Waals surface area (Å²) in [6.45, 7) is 4.29. The molecule has 0 saturated carbocycles. The van der Waals surface area contributed by atoms with Gasteiger partial charge in [0.15, 0.2) is 0 Å². The van der Waals surface area contributed by atoms with Crippen molar-refractivity contribution in [1.82, 2.24) is 9.80 Å². The van der Waals surface area contributed by atoms with Crippen LogP contribution in [0.25, 0.3) is 0 Å². The van der Waals surface area contributed by atoms with Crippen molar-refractivity contribution in [3.63, 3.8) is 0 Å². The Kier molecular flexibility index (Phi) is 7.53. The van der Waals surface area contributed by atoms with Crippen LogP contribution in [0.3, 0.4) is 0 Å². The van der Waals surface area contributed by atoms with E-state index < -0.39 is 0 Å². The molecule has 1 heterocycles. The number of hydrogen-bond acceptors (Lipinski definition) is 4. The van der Waals surface area contributed by atoms with Gasteiger partial charge in [-0.2, -0.15) is 0 Å². The van der Waals surface area contributed by atoms with Crippen molar-refractivity contribution in [1.29, 1.82) is 0 Å². The molecule has 5 nitrogen and oxygen atoms in total. The van der Waals surface area contributed by atoms with Crippen LogP contribution in [0.5, 0.6) is 5.75 Å². The van der Waals surface area contributed by atoms with Crippen LogP contribution in [0.1, 0.15) is 18.4 Å². The number of methoxy groups -OCH3 is 2. The third kappa shape index (κ3) is 5.80. The molecule has 24 heavy (non-hydrogen) atoms. The molecule has 0 N–H and O–H groups in total. The van der Waals surface area contributed by atoms with Crippen molar-refractivity contribution < 1.29 is 14.3 Å². The Balaban J connectivity index is 1.76. The molecule has 1 aliphatic rings. The molecule has 0 aromatic heterocycles. The fourth-order valence-electron chi connectivity index (χ4n) is 3.31. The fourth-order valence-corrected chi connectivity index (χ4v) is 3.31. The normalized spacial score (nSPS) is 18.4. The van der Waals surface area contributed by atoms with E-state index in [9.17, 15) is 4.79 Å². The molecule has 1 saturated heterocycles. The van der Waals surface area contributed by atoms with Gasteiger partial charge in [0.05, 0.1) is 7.11 Å². The van der Waals surface area contributed by atoms with Gasteiger partial charge in [0.25, 0.3) is 0 Å². The van der Waals surface area contributed by atoms with Gasteiger partial charge in [-0.25, -0.2) is 0 Å². The molecule has 1 unspecified atom stereocenters. The monoisotopic (exact) mass is 334 g/mol. The molecule has 0 radical (unpaired) electrons. The molecule has 1 aromatic carbocycles. The van der Waals surface area contributed by atoms with Gasteiger partial charge in [-0.3, -0.25) is 4.79 Å². The maximum absolute atomic E-state index is 11.8. The van der Waals surface area contributed by atoms with Crippen molar-refractivity contribution in [2.24, 2.45) is 5.92 Å². The highest BCUT2D eigenvalue weighted by molar-refractivity contribution is 5.77. The van der Waals surface area contributed by atoms with Crippen LogP contribution in [0.2, 0.25) is 0 Å². The maximum Gasteiger partial charge on any atom is 0.248 e. The van der Waals surface area contributed by atoms with E-state index in [-0.39, 0.29) is 12.5 Å². The minimum atomic E-state index is 0.0628. The van der Waals surface area contributed by atoms with E-state index in [0.717, 1.165) is 38.3 Å². The van der Waals surface area contributed by atoms with Gasteiger partial charge in [0, 0.05) is 33.8 Å². The Morgan fingerprint density at radius 3 is 2.71 bits per heavy atom. The third-order valence-corrected chi connectivity index (χ3v) is 4.70. The van der Waals surface area contributed by atoms with Gasteiger partial charge in [0.1, 0.15) is 12.4 Å². The summed E-state index contributed by atoms with van der Waals surface area (Å²) < 4.78 is 10.1. The number of likely N-dealkylation sites (tertiary alicyclic amines) is 1. The highest BCUT2D eigenvalue weighted by Gasteiger charge is 2.22. The highest BCUT2D eigenvalue weighted by atomic mass is 16.5. The maximum atomic E-state index is 11.8. The van der Waals surface area contributed by atoms with Crippen LogP contribution < -0.4 is 4.74 Å². The lowest BCUT2D eigenvalue weighted by Crippen LogP contribution is -2.42. The summed E-state index contributed by atoms with van der Waals surface area (Å²) in [5.41, 5.74) is 1.34. The van der Waals surface area contributed by atoms with E-state index in [2.05, 4.69) is 17.0 Å². The van der Waals surface area contributed by atoms with Crippen LogP contribution in [-0.4, -0.2) is 69.8 Å². The average molecular weight is 334 g/mol. The second-order valence-corrected chi connectivity index (χ2v) is 6.61. The summed E-state index contributed by atoms with van der Waals surface area (Å²) in [7, 11) is 5.13. The predicted molar refractivity (Wildman–Crippen MR) is 95.4 cm³/mol. The number of hydrogen-bond donors (Lipinski definition) is 0. The number of benzene rings is 1. The van der Waals surface area contributed by atoms with E-state index in [1.807, 2.05) is 19.2 Å². The van der Waals surface area contributed by atoms with Crippen molar-refractivity contribution >= 4 is 5.91 Å². The predicted octanol–water partition coefficient (Wildman–Crippen LogP) is 2.05. The first-order valence-corrected chi connectivity index (χ1v) is 8.70. The second kappa shape index (κ2) is 9.64. The van der Waals surface area contributed by atoms with E-state index >= 15 is 0 Å². The fraction of sp³-hybridized carbons (Fsp3) is 0.632. The van der Waals surface area contributed by atoms with E-state index in [1.54, 1.807) is 19.1 Å². The Bertz CT molecular complexity index is 504. The number of amides is 1. The minimum Gasteiger partial charge on any atom is -0.497 e. The largest absolute Gasteiger partial charge is 0.497 e. The molecule has 1 fully saturated rings.